The number of nitro groups is 1. The molecule has 0 aliphatic heterocycles. The predicted octanol–water partition coefficient (Wildman–Crippen LogP) is 3.62. The van der Waals surface area contributed by atoms with Crippen molar-refractivity contribution in [2.24, 2.45) is 5.92 Å². The molecule has 5 heteroatoms. The second-order valence-corrected chi connectivity index (χ2v) is 4.45. The van der Waals surface area contributed by atoms with E-state index >= 15 is 0 Å². The highest BCUT2D eigenvalue weighted by Gasteiger charge is 2.09. The number of unbranched alkanes of at least 4 members (excludes halogenated alkanes) is 1. The molecule has 1 aromatic heterocycles. The van der Waals surface area contributed by atoms with Gasteiger partial charge in [0.2, 0.25) is 0 Å². The number of nitrogens with one attached hydrogen (secondary N) is 1. The van der Waals surface area contributed by atoms with E-state index in [4.69, 9.17) is 0 Å². The maximum absolute atomic E-state index is 10.6. The van der Waals surface area contributed by atoms with Crippen molar-refractivity contribution in [1.82, 2.24) is 4.98 Å². The molecular formula is C13H21N3O2. The normalized spacial score (nSPS) is 12.1. The fourth-order valence-electron chi connectivity index (χ4n) is 1.82. The molecule has 1 unspecified atom stereocenters. The monoisotopic (exact) mass is 251 g/mol. The summed E-state index contributed by atoms with van der Waals surface area (Å²) in [6.07, 6.45) is 6.19. The molecule has 1 aromatic rings. The van der Waals surface area contributed by atoms with Crippen LogP contribution in [-0.2, 0) is 0 Å². The average Bonchev–Trinajstić information content (AvgIpc) is 2.39. The van der Waals surface area contributed by atoms with Gasteiger partial charge >= 0.3 is 0 Å². The van der Waals surface area contributed by atoms with Crippen molar-refractivity contribution in [3.05, 3.63) is 28.4 Å². The van der Waals surface area contributed by atoms with Crippen molar-refractivity contribution in [1.29, 1.82) is 0 Å². The van der Waals surface area contributed by atoms with Gasteiger partial charge in [0.15, 0.2) is 0 Å². The highest BCUT2D eigenvalue weighted by molar-refractivity contribution is 5.44. The summed E-state index contributed by atoms with van der Waals surface area (Å²) in [7, 11) is 0. The van der Waals surface area contributed by atoms with Gasteiger partial charge in [-0.15, -0.1) is 0 Å². The van der Waals surface area contributed by atoms with Gasteiger partial charge in [-0.2, -0.15) is 0 Å². The van der Waals surface area contributed by atoms with Crippen LogP contribution < -0.4 is 5.32 Å². The minimum Gasteiger partial charge on any atom is -0.370 e. The molecular weight excluding hydrogens is 230 g/mol. The Balaban J connectivity index is 2.51. The molecule has 1 N–H and O–H groups in total. The fourth-order valence-corrected chi connectivity index (χ4v) is 1.82. The van der Waals surface area contributed by atoms with Crippen molar-refractivity contribution in [2.45, 2.75) is 39.5 Å². The Morgan fingerprint density at radius 2 is 2.28 bits per heavy atom. The molecule has 0 aromatic carbocycles. The minimum atomic E-state index is -0.402. The molecule has 1 atom stereocenters. The van der Waals surface area contributed by atoms with Gasteiger partial charge in [-0.3, -0.25) is 10.1 Å². The Morgan fingerprint density at radius 3 is 2.89 bits per heavy atom. The van der Waals surface area contributed by atoms with Crippen molar-refractivity contribution >= 4 is 11.5 Å². The summed E-state index contributed by atoms with van der Waals surface area (Å²) in [5.41, 5.74) is 0.0779. The first kappa shape index (κ1) is 14.4. The zero-order chi connectivity index (χ0) is 13.4. The van der Waals surface area contributed by atoms with Crippen LogP contribution >= 0.6 is 0 Å². The van der Waals surface area contributed by atoms with Gasteiger partial charge in [0.25, 0.3) is 5.69 Å². The first-order valence-electron chi connectivity index (χ1n) is 6.51. The lowest BCUT2D eigenvalue weighted by atomic mass is 9.99. The fraction of sp³-hybridized carbons (Fsp3) is 0.615. The van der Waals surface area contributed by atoms with E-state index in [1.54, 1.807) is 0 Å². The lowest BCUT2D eigenvalue weighted by Gasteiger charge is -2.15. The molecule has 0 bridgehead atoms. The van der Waals surface area contributed by atoms with E-state index in [9.17, 15) is 10.1 Å². The molecule has 1 rings (SSSR count). The molecule has 0 fully saturated rings. The number of hydrogen-bond acceptors (Lipinski definition) is 4. The summed E-state index contributed by atoms with van der Waals surface area (Å²) < 4.78 is 0. The molecule has 0 aliphatic rings. The van der Waals surface area contributed by atoms with Gasteiger partial charge in [0.05, 0.1) is 11.0 Å². The standard InChI is InChI=1S/C13H21N3O2/c1-3-5-6-11(4-2)10-15-13-9-12(16(17)18)7-8-14-13/h7-9,11H,3-6,10H2,1-2H3,(H,14,15). The van der Waals surface area contributed by atoms with Crippen molar-refractivity contribution in [3.63, 3.8) is 0 Å². The molecule has 0 radical (unpaired) electrons. The first-order valence-corrected chi connectivity index (χ1v) is 6.51. The largest absolute Gasteiger partial charge is 0.370 e. The van der Waals surface area contributed by atoms with E-state index < -0.39 is 4.92 Å². The molecule has 100 valence electrons. The maximum Gasteiger partial charge on any atom is 0.274 e. The van der Waals surface area contributed by atoms with Crippen LogP contribution in [-0.4, -0.2) is 16.5 Å². The average molecular weight is 251 g/mol. The number of nitrogens with zero attached hydrogens (tertiary/aromatic N) is 2. The minimum absolute atomic E-state index is 0.0779. The van der Waals surface area contributed by atoms with E-state index in [1.165, 1.54) is 37.6 Å². The van der Waals surface area contributed by atoms with Gasteiger partial charge in [-0.05, 0) is 12.3 Å². The van der Waals surface area contributed by atoms with Crippen molar-refractivity contribution in [3.8, 4) is 0 Å². The zero-order valence-electron chi connectivity index (χ0n) is 11.1. The Hall–Kier alpha value is -1.65. The van der Waals surface area contributed by atoms with Gasteiger partial charge in [0, 0.05) is 18.8 Å². The van der Waals surface area contributed by atoms with Crippen LogP contribution in [0, 0.1) is 16.0 Å². The van der Waals surface area contributed by atoms with Crippen LogP contribution in [0.25, 0.3) is 0 Å². The van der Waals surface area contributed by atoms with Gasteiger partial charge in [-0.1, -0.05) is 33.1 Å². The first-order chi connectivity index (χ1) is 8.67. The van der Waals surface area contributed by atoms with Gasteiger partial charge < -0.3 is 5.32 Å². The molecule has 5 nitrogen and oxygen atoms in total. The van der Waals surface area contributed by atoms with E-state index in [-0.39, 0.29) is 5.69 Å². The predicted molar refractivity (Wildman–Crippen MR) is 72.7 cm³/mol. The summed E-state index contributed by atoms with van der Waals surface area (Å²) >= 11 is 0. The van der Waals surface area contributed by atoms with E-state index in [1.807, 2.05) is 0 Å². The lowest BCUT2D eigenvalue weighted by Crippen LogP contribution is -2.14. The van der Waals surface area contributed by atoms with Crippen molar-refractivity contribution < 1.29 is 4.92 Å². The lowest BCUT2D eigenvalue weighted by molar-refractivity contribution is -0.384. The van der Waals surface area contributed by atoms with E-state index in [0.29, 0.717) is 11.7 Å². The number of hydrogen-bond donors (Lipinski definition) is 1. The van der Waals surface area contributed by atoms with Crippen LogP contribution in [0.5, 0.6) is 0 Å². The van der Waals surface area contributed by atoms with Crippen LogP contribution in [0.4, 0.5) is 11.5 Å². The number of pyridine rings is 1. The summed E-state index contributed by atoms with van der Waals surface area (Å²) in [6.45, 7) is 5.18. The van der Waals surface area contributed by atoms with Gasteiger partial charge in [0.1, 0.15) is 5.82 Å². The molecule has 18 heavy (non-hydrogen) atoms. The molecule has 0 saturated heterocycles. The number of aromatic nitrogens is 1. The highest BCUT2D eigenvalue weighted by atomic mass is 16.6. The third kappa shape index (κ3) is 4.69. The number of rotatable bonds is 8. The van der Waals surface area contributed by atoms with Crippen LogP contribution in [0.1, 0.15) is 39.5 Å². The smallest absolute Gasteiger partial charge is 0.274 e. The summed E-state index contributed by atoms with van der Waals surface area (Å²) in [4.78, 5) is 14.3. The van der Waals surface area contributed by atoms with Crippen molar-refractivity contribution in [2.75, 3.05) is 11.9 Å². The zero-order valence-corrected chi connectivity index (χ0v) is 11.1. The second kappa shape index (κ2) is 7.63. The van der Waals surface area contributed by atoms with E-state index in [2.05, 4.69) is 24.1 Å². The Labute approximate surface area is 108 Å². The van der Waals surface area contributed by atoms with Gasteiger partial charge in [-0.25, -0.2) is 4.98 Å². The van der Waals surface area contributed by atoms with E-state index in [0.717, 1.165) is 13.0 Å². The maximum atomic E-state index is 10.6. The summed E-state index contributed by atoms with van der Waals surface area (Å²) in [5.74, 6) is 1.19. The Bertz CT molecular complexity index is 382. The Kier molecular flexibility index (Phi) is 6.11. The molecule has 1 heterocycles. The van der Waals surface area contributed by atoms with Crippen LogP contribution in [0.15, 0.2) is 18.3 Å². The van der Waals surface area contributed by atoms with Crippen LogP contribution in [0.2, 0.25) is 0 Å². The molecule has 0 saturated carbocycles. The summed E-state index contributed by atoms with van der Waals surface area (Å²) in [5, 5.41) is 13.8. The molecule has 0 spiro atoms. The third-order valence-corrected chi connectivity index (χ3v) is 3.07. The Morgan fingerprint density at radius 1 is 1.50 bits per heavy atom. The highest BCUT2D eigenvalue weighted by Crippen LogP contribution is 2.17. The SMILES string of the molecule is CCCCC(CC)CNc1cc([N+](=O)[O-])ccn1. The topological polar surface area (TPSA) is 68.1 Å². The number of anilines is 1. The second-order valence-electron chi connectivity index (χ2n) is 4.45. The molecule has 0 amide bonds. The summed E-state index contributed by atoms with van der Waals surface area (Å²) in [6, 6.07) is 2.88. The van der Waals surface area contributed by atoms with Crippen LogP contribution in [0.3, 0.4) is 0 Å². The molecule has 0 aliphatic carbocycles. The third-order valence-electron chi connectivity index (χ3n) is 3.07. The quantitative estimate of drug-likeness (QED) is 0.566.